The van der Waals surface area contributed by atoms with Gasteiger partial charge in [-0.3, -0.25) is 4.79 Å². The molecule has 0 aromatic carbocycles. The molecule has 22 heavy (non-hydrogen) atoms. The number of H-pyrrole nitrogens is 1. The van der Waals surface area contributed by atoms with E-state index in [0.29, 0.717) is 17.3 Å². The normalized spacial score (nSPS) is 21.9. The maximum Gasteiger partial charge on any atom is 0.347 e. The van der Waals surface area contributed by atoms with Crippen molar-refractivity contribution >= 4 is 11.6 Å². The van der Waals surface area contributed by atoms with Gasteiger partial charge in [-0.15, -0.1) is 0 Å². The summed E-state index contributed by atoms with van der Waals surface area (Å²) in [6, 6.07) is 3.71. The quantitative estimate of drug-likeness (QED) is 0.943. The summed E-state index contributed by atoms with van der Waals surface area (Å²) in [6.45, 7) is 2.23. The smallest absolute Gasteiger partial charge is 0.339 e. The zero-order chi connectivity index (χ0) is 15.7. The van der Waals surface area contributed by atoms with Gasteiger partial charge in [-0.1, -0.05) is 13.3 Å². The first kappa shape index (κ1) is 14.8. The molecule has 1 aliphatic carbocycles. The lowest BCUT2D eigenvalue weighted by molar-refractivity contribution is 0.0674. The fourth-order valence-electron chi connectivity index (χ4n) is 3.34. The molecule has 2 heterocycles. The zero-order valence-electron chi connectivity index (χ0n) is 13.1. The van der Waals surface area contributed by atoms with Gasteiger partial charge in [-0.05, 0) is 43.7 Å². The van der Waals surface area contributed by atoms with Crippen molar-refractivity contribution in [1.29, 1.82) is 0 Å². The lowest BCUT2D eigenvalue weighted by atomic mass is 9.84. The van der Waals surface area contributed by atoms with Gasteiger partial charge in [0.15, 0.2) is 5.65 Å². The first-order valence-corrected chi connectivity index (χ1v) is 7.94. The molecule has 0 bridgehead atoms. The topological polar surface area (TPSA) is 70.5 Å². The number of aromatic nitrogens is 3. The maximum absolute atomic E-state index is 12.7. The summed E-state index contributed by atoms with van der Waals surface area (Å²) in [5.74, 6) is 0.774. The molecule has 1 saturated carbocycles. The highest BCUT2D eigenvalue weighted by Crippen LogP contribution is 2.29. The monoisotopic (exact) mass is 302 g/mol. The van der Waals surface area contributed by atoms with Crippen molar-refractivity contribution in [3.8, 4) is 0 Å². The van der Waals surface area contributed by atoms with Crippen LogP contribution in [-0.2, 0) is 0 Å². The predicted molar refractivity (Wildman–Crippen MR) is 83.9 cm³/mol. The van der Waals surface area contributed by atoms with E-state index in [9.17, 15) is 9.59 Å². The highest BCUT2D eigenvalue weighted by atomic mass is 16.2. The number of carbonyl (C=O) groups is 1. The third-order valence-corrected chi connectivity index (χ3v) is 4.92. The van der Waals surface area contributed by atoms with Gasteiger partial charge < -0.3 is 4.90 Å². The average Bonchev–Trinajstić information content (AvgIpc) is 2.94. The summed E-state index contributed by atoms with van der Waals surface area (Å²) < 4.78 is 1.37. The fraction of sp³-hybridized carbons (Fsp3) is 0.562. The van der Waals surface area contributed by atoms with Gasteiger partial charge >= 0.3 is 5.69 Å². The van der Waals surface area contributed by atoms with E-state index in [4.69, 9.17) is 0 Å². The number of hydrogen-bond acceptors (Lipinski definition) is 3. The molecule has 6 heteroatoms. The van der Waals surface area contributed by atoms with Crippen LogP contribution < -0.4 is 5.69 Å². The van der Waals surface area contributed by atoms with Crippen LogP contribution in [0.2, 0.25) is 0 Å². The van der Waals surface area contributed by atoms with E-state index in [1.165, 1.54) is 23.7 Å². The van der Waals surface area contributed by atoms with Crippen LogP contribution in [0.5, 0.6) is 0 Å². The van der Waals surface area contributed by atoms with Crippen molar-refractivity contribution in [3.05, 3.63) is 34.4 Å². The molecule has 2 aromatic rings. The maximum atomic E-state index is 12.7. The van der Waals surface area contributed by atoms with Crippen LogP contribution in [0, 0.1) is 5.92 Å². The number of hydrogen-bond donors (Lipinski definition) is 1. The van der Waals surface area contributed by atoms with E-state index in [-0.39, 0.29) is 11.6 Å². The second-order valence-electron chi connectivity index (χ2n) is 6.17. The number of aromatic amines is 1. The molecule has 1 aliphatic rings. The molecule has 0 spiro atoms. The van der Waals surface area contributed by atoms with E-state index in [2.05, 4.69) is 17.1 Å². The van der Waals surface area contributed by atoms with Crippen LogP contribution in [-0.4, -0.2) is 38.5 Å². The molecule has 6 nitrogen and oxygen atoms in total. The molecule has 1 amide bonds. The highest BCUT2D eigenvalue weighted by Gasteiger charge is 2.26. The van der Waals surface area contributed by atoms with Gasteiger partial charge in [-0.2, -0.15) is 5.10 Å². The zero-order valence-corrected chi connectivity index (χ0v) is 13.1. The first-order valence-electron chi connectivity index (χ1n) is 7.94. The van der Waals surface area contributed by atoms with E-state index in [1.807, 2.05) is 11.9 Å². The van der Waals surface area contributed by atoms with Crippen molar-refractivity contribution in [2.75, 3.05) is 7.05 Å². The molecule has 1 fully saturated rings. The lowest BCUT2D eigenvalue weighted by Crippen LogP contribution is -2.39. The first-order chi connectivity index (χ1) is 10.6. The van der Waals surface area contributed by atoms with Gasteiger partial charge in [0.25, 0.3) is 5.91 Å². The summed E-state index contributed by atoms with van der Waals surface area (Å²) in [6.07, 6.45) is 7.31. The Morgan fingerprint density at radius 1 is 1.36 bits per heavy atom. The van der Waals surface area contributed by atoms with E-state index in [0.717, 1.165) is 18.8 Å². The molecule has 3 rings (SSSR count). The van der Waals surface area contributed by atoms with Gasteiger partial charge in [0, 0.05) is 19.3 Å². The number of amides is 1. The minimum absolute atomic E-state index is 0.0325. The Balaban J connectivity index is 1.77. The van der Waals surface area contributed by atoms with Gasteiger partial charge in [0.1, 0.15) is 0 Å². The molecule has 0 atom stereocenters. The van der Waals surface area contributed by atoms with Gasteiger partial charge in [-0.25, -0.2) is 14.3 Å². The molecule has 1 N–H and O–H groups in total. The molecule has 0 aliphatic heterocycles. The van der Waals surface area contributed by atoms with E-state index >= 15 is 0 Å². The number of pyridine rings is 1. The molecule has 0 saturated heterocycles. The lowest BCUT2D eigenvalue weighted by Gasteiger charge is -2.34. The number of nitrogens with one attached hydrogen (secondary N) is 1. The second-order valence-corrected chi connectivity index (χ2v) is 6.17. The van der Waals surface area contributed by atoms with E-state index < -0.39 is 0 Å². The van der Waals surface area contributed by atoms with Crippen LogP contribution >= 0.6 is 0 Å². The second kappa shape index (κ2) is 5.94. The van der Waals surface area contributed by atoms with Crippen LogP contribution in [0.3, 0.4) is 0 Å². The Bertz CT molecular complexity index is 725. The molecule has 118 valence electrons. The summed E-state index contributed by atoms with van der Waals surface area (Å²) in [5, 5.41) is 6.25. The molecule has 0 unspecified atom stereocenters. The fourth-order valence-corrected chi connectivity index (χ4v) is 3.34. The minimum Gasteiger partial charge on any atom is -0.339 e. The van der Waals surface area contributed by atoms with Crippen molar-refractivity contribution < 1.29 is 4.79 Å². The molecular formula is C16H22N4O2. The summed E-state index contributed by atoms with van der Waals surface area (Å²) in [4.78, 5) is 26.1. The molecule has 0 radical (unpaired) electrons. The summed E-state index contributed by atoms with van der Waals surface area (Å²) in [5.41, 5.74) is 0.722. The Morgan fingerprint density at radius 2 is 2.09 bits per heavy atom. The SMILES string of the molecule is CCC1CCC(N(C)C(=O)c2ccc3n[nH]c(=O)n3c2)CC1. The third kappa shape index (κ3) is 2.65. The third-order valence-electron chi connectivity index (χ3n) is 4.92. The Morgan fingerprint density at radius 3 is 2.77 bits per heavy atom. The highest BCUT2D eigenvalue weighted by molar-refractivity contribution is 5.94. The average molecular weight is 302 g/mol. The molecule has 2 aromatic heterocycles. The van der Waals surface area contributed by atoms with Gasteiger partial charge in [0.05, 0.1) is 5.56 Å². The van der Waals surface area contributed by atoms with Crippen molar-refractivity contribution in [3.63, 3.8) is 0 Å². The van der Waals surface area contributed by atoms with Crippen molar-refractivity contribution in [2.45, 2.75) is 45.1 Å². The van der Waals surface area contributed by atoms with Crippen molar-refractivity contribution in [1.82, 2.24) is 19.5 Å². The predicted octanol–water partition coefficient (Wildman–Crippen LogP) is 2.06. The van der Waals surface area contributed by atoms with Crippen molar-refractivity contribution in [2.24, 2.45) is 5.92 Å². The van der Waals surface area contributed by atoms with Crippen LogP contribution in [0.25, 0.3) is 5.65 Å². The Labute approximate surface area is 129 Å². The Hall–Kier alpha value is -2.11. The van der Waals surface area contributed by atoms with Crippen LogP contribution in [0.15, 0.2) is 23.1 Å². The largest absolute Gasteiger partial charge is 0.347 e. The van der Waals surface area contributed by atoms with Crippen LogP contribution in [0.4, 0.5) is 0 Å². The van der Waals surface area contributed by atoms with E-state index in [1.54, 1.807) is 18.3 Å². The Kier molecular flexibility index (Phi) is 4.00. The minimum atomic E-state index is -0.323. The number of nitrogens with zero attached hydrogens (tertiary/aromatic N) is 3. The number of fused-ring (bicyclic) bond motifs is 1. The number of carbonyl (C=O) groups excluding carboxylic acids is 1. The number of rotatable bonds is 3. The molecular weight excluding hydrogens is 280 g/mol. The standard InChI is InChI=1S/C16H22N4O2/c1-3-11-4-7-13(8-5-11)19(2)15(21)12-6-9-14-17-18-16(22)20(14)10-12/h6,9-11,13H,3-5,7-8H2,1-2H3,(H,18,22). The summed E-state index contributed by atoms with van der Waals surface area (Å²) in [7, 11) is 1.86. The van der Waals surface area contributed by atoms with Crippen LogP contribution in [0.1, 0.15) is 49.4 Å². The van der Waals surface area contributed by atoms with Gasteiger partial charge in [0.2, 0.25) is 0 Å². The summed E-state index contributed by atoms with van der Waals surface area (Å²) >= 11 is 0.